The summed E-state index contributed by atoms with van der Waals surface area (Å²) in [5, 5.41) is 28.3. The van der Waals surface area contributed by atoms with Crippen molar-refractivity contribution >= 4 is 7.85 Å². The van der Waals surface area contributed by atoms with Gasteiger partial charge in [-0.15, -0.1) is 0 Å². The summed E-state index contributed by atoms with van der Waals surface area (Å²) in [5.74, 6) is -11.1. The molecule has 0 saturated heterocycles. The monoisotopic (exact) mass is 378 g/mol. The van der Waals surface area contributed by atoms with E-state index in [1.807, 2.05) is 0 Å². The Hall–Kier alpha value is -3.11. The fraction of sp³-hybridized carbons (Fsp3) is 0.176. The highest BCUT2D eigenvalue weighted by molar-refractivity contribution is 6.16. The number of benzene rings is 2. The lowest BCUT2D eigenvalue weighted by Crippen LogP contribution is -2.49. The van der Waals surface area contributed by atoms with Crippen molar-refractivity contribution in [3.63, 3.8) is 0 Å². The normalized spacial score (nSPS) is 21.8. The maximum Gasteiger partial charge on any atom is 0.338 e. The fourth-order valence-electron chi connectivity index (χ4n) is 2.99. The second-order valence-electron chi connectivity index (χ2n) is 6.08. The first kappa shape index (κ1) is 18.7. The van der Waals surface area contributed by atoms with E-state index >= 15 is 0 Å². The van der Waals surface area contributed by atoms with Crippen molar-refractivity contribution < 1.29 is 31.8 Å². The Morgan fingerprint density at radius 3 is 2.30 bits per heavy atom. The zero-order valence-corrected chi connectivity index (χ0v) is 13.5. The average Bonchev–Trinajstić information content (AvgIpc) is 2.69. The number of rotatable bonds is 2. The Kier molecular flexibility index (Phi) is 3.94. The summed E-state index contributed by atoms with van der Waals surface area (Å²) in [6.45, 7) is 0. The summed E-state index contributed by atoms with van der Waals surface area (Å²) in [6.07, 6.45) is 0. The summed E-state index contributed by atoms with van der Waals surface area (Å²) < 4.78 is 75.1. The van der Waals surface area contributed by atoms with Crippen LogP contribution in [0.4, 0.5) is 22.0 Å². The van der Waals surface area contributed by atoms with E-state index in [0.717, 1.165) is 24.3 Å². The molecule has 0 radical (unpaired) electrons. The van der Waals surface area contributed by atoms with E-state index in [1.54, 1.807) is 6.07 Å². The molecule has 2 aromatic carbocycles. The zero-order valence-electron chi connectivity index (χ0n) is 13.5. The van der Waals surface area contributed by atoms with Crippen LogP contribution in [-0.2, 0) is 11.4 Å². The Morgan fingerprint density at radius 2 is 1.70 bits per heavy atom. The molecule has 0 fully saturated rings. The van der Waals surface area contributed by atoms with Crippen LogP contribution in [0.2, 0.25) is 0 Å². The zero-order chi connectivity index (χ0) is 20.2. The van der Waals surface area contributed by atoms with Gasteiger partial charge in [0.05, 0.1) is 11.6 Å². The summed E-state index contributed by atoms with van der Waals surface area (Å²) in [5.41, 5.74) is -6.35. The highest BCUT2D eigenvalue weighted by Crippen LogP contribution is 2.60. The van der Waals surface area contributed by atoms with Crippen LogP contribution in [0.5, 0.6) is 11.5 Å². The molecule has 10 heteroatoms. The van der Waals surface area contributed by atoms with E-state index in [-0.39, 0.29) is 11.3 Å². The number of halogens is 5. The quantitative estimate of drug-likeness (QED) is 0.644. The number of nitriles is 2. The third kappa shape index (κ3) is 2.45. The molecule has 4 nitrogen and oxygen atoms in total. The van der Waals surface area contributed by atoms with Crippen molar-refractivity contribution in [3.8, 4) is 23.6 Å². The minimum absolute atomic E-state index is 0.116. The van der Waals surface area contributed by atoms with Crippen LogP contribution >= 0.6 is 0 Å². The van der Waals surface area contributed by atoms with Gasteiger partial charge in [-0.2, -0.15) is 28.1 Å². The van der Waals surface area contributed by atoms with Crippen LogP contribution in [-0.4, -0.2) is 18.9 Å². The molecular weight excluding hydrogens is 370 g/mol. The topological polar surface area (TPSA) is 77.0 Å². The van der Waals surface area contributed by atoms with E-state index in [9.17, 15) is 32.3 Å². The van der Waals surface area contributed by atoms with Gasteiger partial charge in [0, 0.05) is 17.2 Å². The fourth-order valence-corrected chi connectivity index (χ4v) is 2.99. The summed E-state index contributed by atoms with van der Waals surface area (Å²) in [6, 6.07) is 7.50. The van der Waals surface area contributed by atoms with Crippen molar-refractivity contribution in [2.45, 2.75) is 17.3 Å². The minimum Gasteiger partial charge on any atom is -0.456 e. The Bertz CT molecular complexity index is 1040. The average molecular weight is 378 g/mol. The van der Waals surface area contributed by atoms with Crippen LogP contribution in [0.1, 0.15) is 22.3 Å². The van der Waals surface area contributed by atoms with Gasteiger partial charge in [0.2, 0.25) is 0 Å². The molecular formula is C17H8BF5N2O2. The van der Waals surface area contributed by atoms with Crippen LogP contribution in [0, 0.1) is 28.5 Å². The Labute approximate surface area is 150 Å². The number of fused-ring (bicyclic) bond motifs is 1. The maximum atomic E-state index is 14.1. The summed E-state index contributed by atoms with van der Waals surface area (Å²) >= 11 is 0. The third-order valence-electron chi connectivity index (χ3n) is 4.34. The van der Waals surface area contributed by atoms with E-state index < -0.39 is 45.6 Å². The lowest BCUT2D eigenvalue weighted by atomic mass is 9.73. The Balaban J connectivity index is 2.20. The molecule has 1 N–H and O–H groups in total. The third-order valence-corrected chi connectivity index (χ3v) is 4.34. The highest BCUT2D eigenvalue weighted by Gasteiger charge is 2.74. The van der Waals surface area contributed by atoms with Crippen molar-refractivity contribution in [1.29, 1.82) is 10.5 Å². The molecule has 0 spiro atoms. The van der Waals surface area contributed by atoms with Gasteiger partial charge in [0.15, 0.2) is 7.85 Å². The first-order valence-corrected chi connectivity index (χ1v) is 7.42. The number of hydrogen-bond acceptors (Lipinski definition) is 4. The maximum absolute atomic E-state index is 14.1. The second kappa shape index (κ2) is 5.70. The molecule has 1 atom stereocenters. The van der Waals surface area contributed by atoms with Gasteiger partial charge >= 0.3 is 11.8 Å². The predicted octanol–water partition coefficient (Wildman–Crippen LogP) is 2.88. The number of alkyl halides is 4. The molecule has 136 valence electrons. The van der Waals surface area contributed by atoms with E-state index in [0.29, 0.717) is 13.9 Å². The number of ether oxygens (including phenoxy) is 1. The predicted molar refractivity (Wildman–Crippen MR) is 83.6 cm³/mol. The van der Waals surface area contributed by atoms with Gasteiger partial charge in [-0.05, 0) is 24.3 Å². The molecule has 3 rings (SSSR count). The van der Waals surface area contributed by atoms with Crippen molar-refractivity contribution in [1.82, 2.24) is 0 Å². The molecule has 0 bridgehead atoms. The number of hydrogen-bond donors (Lipinski definition) is 1. The van der Waals surface area contributed by atoms with E-state index in [4.69, 9.17) is 10.00 Å². The molecule has 27 heavy (non-hydrogen) atoms. The number of nitrogens with zero attached hydrogens (tertiary/aromatic N) is 2. The van der Waals surface area contributed by atoms with E-state index in [1.165, 1.54) is 6.07 Å². The SMILES string of the molecule is B[C@@]1(O)c2c(ccc(Oc3cc(F)cc(C#N)c3)c2C#N)C(F)(F)C1(F)F. The van der Waals surface area contributed by atoms with Gasteiger partial charge in [0.25, 0.3) is 0 Å². The lowest BCUT2D eigenvalue weighted by molar-refractivity contribution is -0.260. The van der Waals surface area contributed by atoms with Crippen LogP contribution in [0.25, 0.3) is 0 Å². The van der Waals surface area contributed by atoms with Gasteiger partial charge < -0.3 is 9.84 Å². The Morgan fingerprint density at radius 1 is 1.04 bits per heavy atom. The van der Waals surface area contributed by atoms with Crippen LogP contribution in [0.15, 0.2) is 30.3 Å². The van der Waals surface area contributed by atoms with Gasteiger partial charge in [-0.3, -0.25) is 0 Å². The molecule has 0 aliphatic heterocycles. The molecule has 1 aliphatic rings. The highest BCUT2D eigenvalue weighted by atomic mass is 19.3. The van der Waals surface area contributed by atoms with Crippen LogP contribution in [0.3, 0.4) is 0 Å². The minimum atomic E-state index is -4.86. The lowest BCUT2D eigenvalue weighted by Gasteiger charge is -2.29. The first-order chi connectivity index (χ1) is 12.5. The standard InChI is InChI=1S/C17H8BF5N2O2/c18-15(26)14-11(7-25)13(2-1-12(14)16(20,21)17(15,22)23)27-10-4-8(6-24)3-9(19)5-10/h1-5,26H,18H2/t15-/m1/s1. The molecule has 0 unspecified atom stereocenters. The molecule has 0 heterocycles. The van der Waals surface area contributed by atoms with Crippen molar-refractivity contribution in [2.75, 3.05) is 0 Å². The number of aliphatic hydroxyl groups is 1. The first-order valence-electron chi connectivity index (χ1n) is 7.42. The van der Waals surface area contributed by atoms with Gasteiger partial charge in [0.1, 0.15) is 34.4 Å². The molecule has 0 saturated carbocycles. The molecule has 0 aromatic heterocycles. The van der Waals surface area contributed by atoms with Gasteiger partial charge in [-0.25, -0.2) is 4.39 Å². The van der Waals surface area contributed by atoms with Crippen molar-refractivity contribution in [3.05, 3.63) is 58.4 Å². The summed E-state index contributed by atoms with van der Waals surface area (Å²) in [7, 11) is 0.479. The molecule has 0 amide bonds. The van der Waals surface area contributed by atoms with Crippen LogP contribution < -0.4 is 4.74 Å². The second-order valence-corrected chi connectivity index (χ2v) is 6.08. The van der Waals surface area contributed by atoms with Crippen molar-refractivity contribution in [2.24, 2.45) is 0 Å². The smallest absolute Gasteiger partial charge is 0.338 e. The van der Waals surface area contributed by atoms with Gasteiger partial charge in [-0.1, -0.05) is 0 Å². The largest absolute Gasteiger partial charge is 0.456 e. The summed E-state index contributed by atoms with van der Waals surface area (Å²) in [4.78, 5) is 0. The molecule has 1 aliphatic carbocycles. The van der Waals surface area contributed by atoms with E-state index in [2.05, 4.69) is 0 Å². The molecule has 2 aromatic rings.